The van der Waals surface area contributed by atoms with Crippen LogP contribution < -0.4 is 0 Å². The van der Waals surface area contributed by atoms with E-state index in [2.05, 4.69) is 9.88 Å². The number of alkyl halides is 3. The number of fused-ring (bicyclic) bond motifs is 1. The van der Waals surface area contributed by atoms with Crippen molar-refractivity contribution in [3.63, 3.8) is 0 Å². The van der Waals surface area contributed by atoms with E-state index in [1.54, 1.807) is 30.5 Å². The molecule has 3 heterocycles. The first-order valence-corrected chi connectivity index (χ1v) is 11.7. The average molecular weight is 474 g/mol. The van der Waals surface area contributed by atoms with Crippen LogP contribution in [-0.4, -0.2) is 59.6 Å². The molecular weight excluding hydrogens is 446 g/mol. The quantitative estimate of drug-likeness (QED) is 0.513. The molecule has 2 aliphatic heterocycles. The monoisotopic (exact) mass is 473 g/mol. The van der Waals surface area contributed by atoms with E-state index in [1.165, 1.54) is 17.0 Å². The van der Waals surface area contributed by atoms with Crippen molar-refractivity contribution < 1.29 is 22.4 Å². The van der Waals surface area contributed by atoms with Crippen LogP contribution in [0, 0.1) is 17.7 Å². The molecule has 0 spiro atoms. The van der Waals surface area contributed by atoms with Crippen LogP contribution in [0.1, 0.15) is 34.7 Å². The molecule has 0 unspecified atom stereocenters. The Labute approximate surface area is 195 Å². The summed E-state index contributed by atoms with van der Waals surface area (Å²) in [4.78, 5) is 19.7. The first kappa shape index (κ1) is 22.9. The van der Waals surface area contributed by atoms with E-state index in [-0.39, 0.29) is 24.8 Å². The summed E-state index contributed by atoms with van der Waals surface area (Å²) in [5.41, 5.74) is 2.14. The minimum atomic E-state index is -4.36. The van der Waals surface area contributed by atoms with E-state index in [4.69, 9.17) is 0 Å². The highest BCUT2D eigenvalue weighted by Gasteiger charge is 2.51. The van der Waals surface area contributed by atoms with E-state index in [9.17, 15) is 22.4 Å². The number of aromatic nitrogens is 1. The first-order valence-electron chi connectivity index (χ1n) is 11.7. The molecule has 1 aromatic heterocycles. The topological polar surface area (TPSA) is 39.3 Å². The van der Waals surface area contributed by atoms with Crippen molar-refractivity contribution in [1.29, 1.82) is 0 Å². The van der Waals surface area contributed by atoms with Crippen LogP contribution in [0.4, 0.5) is 17.6 Å². The van der Waals surface area contributed by atoms with E-state index in [1.807, 2.05) is 12.1 Å². The van der Waals surface area contributed by atoms with Gasteiger partial charge in [-0.2, -0.15) is 13.2 Å². The molecule has 5 rings (SSSR count). The maximum absolute atomic E-state index is 13.9. The highest BCUT2D eigenvalue weighted by Crippen LogP contribution is 2.39. The lowest BCUT2D eigenvalue weighted by atomic mass is 9.88. The van der Waals surface area contributed by atoms with Gasteiger partial charge in [-0.3, -0.25) is 4.79 Å². The van der Waals surface area contributed by atoms with Crippen LogP contribution in [0.25, 0.3) is 10.9 Å². The number of hydrogen-bond acceptors (Lipinski definition) is 2. The Morgan fingerprint density at radius 3 is 2.44 bits per heavy atom. The number of amides is 1. The smallest absolute Gasteiger partial charge is 0.361 e. The number of likely N-dealkylation sites (tertiary alicyclic amines) is 2. The molecule has 2 fully saturated rings. The number of rotatable bonds is 4. The summed E-state index contributed by atoms with van der Waals surface area (Å²) < 4.78 is 55.0. The standard InChI is InChI=1S/C26H27F4N3O/c27-21-6-4-17(5-7-21)18-9-12-32(13-10-18)14-20-15-33(16-23(20)26(28,29)30)25(34)22-3-1-2-19-8-11-31-24(19)22/h1-8,11,18,20,23,31H,9-10,12-16H2/t20-,23-/m1/s1. The normalized spacial score (nSPS) is 22.5. The number of nitrogens with zero attached hydrogens (tertiary/aromatic N) is 2. The number of H-pyrrole nitrogens is 1. The zero-order chi connectivity index (χ0) is 23.9. The molecule has 0 bridgehead atoms. The van der Waals surface area contributed by atoms with Crippen LogP contribution in [0.3, 0.4) is 0 Å². The molecule has 2 atom stereocenters. The van der Waals surface area contributed by atoms with Gasteiger partial charge >= 0.3 is 6.18 Å². The van der Waals surface area contributed by atoms with Crippen molar-refractivity contribution in [2.45, 2.75) is 24.9 Å². The lowest BCUT2D eigenvalue weighted by molar-refractivity contribution is -0.181. The zero-order valence-corrected chi connectivity index (χ0v) is 18.7. The number of nitrogens with one attached hydrogen (secondary N) is 1. The second-order valence-corrected chi connectivity index (χ2v) is 9.49. The largest absolute Gasteiger partial charge is 0.393 e. The first-order chi connectivity index (χ1) is 16.3. The molecule has 3 aromatic rings. The SMILES string of the molecule is O=C(c1cccc2cc[nH]c12)N1C[C@@H](CN2CCC(c3ccc(F)cc3)CC2)[C@H](C(F)(F)F)C1. The maximum Gasteiger partial charge on any atom is 0.393 e. The van der Waals surface area contributed by atoms with Gasteiger partial charge in [-0.15, -0.1) is 0 Å². The summed E-state index contributed by atoms with van der Waals surface area (Å²) in [6.45, 7) is 1.49. The van der Waals surface area contributed by atoms with Crippen molar-refractivity contribution in [2.75, 3.05) is 32.7 Å². The Morgan fingerprint density at radius 1 is 1.00 bits per heavy atom. The van der Waals surface area contributed by atoms with Gasteiger partial charge in [0.2, 0.25) is 0 Å². The van der Waals surface area contributed by atoms with Gasteiger partial charge in [-0.25, -0.2) is 4.39 Å². The zero-order valence-electron chi connectivity index (χ0n) is 18.7. The predicted molar refractivity (Wildman–Crippen MR) is 122 cm³/mol. The number of carbonyl (C=O) groups is 1. The maximum atomic E-state index is 13.9. The average Bonchev–Trinajstić information content (AvgIpc) is 3.47. The van der Waals surface area contributed by atoms with E-state index >= 15 is 0 Å². The van der Waals surface area contributed by atoms with E-state index < -0.39 is 18.0 Å². The second-order valence-electron chi connectivity index (χ2n) is 9.49. The van der Waals surface area contributed by atoms with E-state index in [0.29, 0.717) is 36.6 Å². The van der Waals surface area contributed by atoms with Crippen LogP contribution in [0.15, 0.2) is 54.7 Å². The number of hydrogen-bond donors (Lipinski definition) is 1. The molecule has 34 heavy (non-hydrogen) atoms. The molecule has 0 saturated carbocycles. The Morgan fingerprint density at radius 2 is 1.74 bits per heavy atom. The number of aromatic amines is 1. The minimum absolute atomic E-state index is 0.0952. The molecule has 2 aliphatic rings. The number of halogens is 4. The van der Waals surface area contributed by atoms with Gasteiger partial charge in [0.05, 0.1) is 17.0 Å². The van der Waals surface area contributed by atoms with Gasteiger partial charge in [0, 0.05) is 37.1 Å². The molecule has 8 heteroatoms. The molecule has 2 aromatic carbocycles. The summed E-state index contributed by atoms with van der Waals surface area (Å²) in [6, 6.07) is 13.6. The van der Waals surface area contributed by atoms with Crippen LogP contribution in [0.5, 0.6) is 0 Å². The summed E-state index contributed by atoms with van der Waals surface area (Å²) >= 11 is 0. The third-order valence-corrected chi connectivity index (χ3v) is 7.39. The summed E-state index contributed by atoms with van der Waals surface area (Å²) in [5.74, 6) is -2.53. The van der Waals surface area contributed by atoms with Gasteiger partial charge in [0.25, 0.3) is 5.91 Å². The fourth-order valence-corrected chi connectivity index (χ4v) is 5.54. The molecule has 0 radical (unpaired) electrons. The number of carbonyl (C=O) groups excluding carboxylic acids is 1. The fourth-order valence-electron chi connectivity index (χ4n) is 5.54. The van der Waals surface area contributed by atoms with Crippen LogP contribution in [0.2, 0.25) is 0 Å². The molecule has 2 saturated heterocycles. The Bertz CT molecular complexity index is 1150. The molecular formula is C26H27F4N3O. The summed E-state index contributed by atoms with van der Waals surface area (Å²) in [7, 11) is 0. The fraction of sp³-hybridized carbons (Fsp3) is 0.423. The van der Waals surface area contributed by atoms with E-state index in [0.717, 1.165) is 23.8 Å². The van der Waals surface area contributed by atoms with Gasteiger partial charge in [-0.1, -0.05) is 24.3 Å². The second kappa shape index (κ2) is 9.06. The molecule has 180 valence electrons. The lowest BCUT2D eigenvalue weighted by Gasteiger charge is -2.35. The third-order valence-electron chi connectivity index (χ3n) is 7.39. The molecule has 4 nitrogen and oxygen atoms in total. The van der Waals surface area contributed by atoms with Gasteiger partial charge in [0.1, 0.15) is 5.82 Å². The number of benzene rings is 2. The third kappa shape index (κ3) is 4.56. The minimum Gasteiger partial charge on any atom is -0.361 e. The Balaban J connectivity index is 1.26. The van der Waals surface area contributed by atoms with Gasteiger partial charge in [-0.05, 0) is 61.7 Å². The van der Waals surface area contributed by atoms with Gasteiger partial charge < -0.3 is 14.8 Å². The van der Waals surface area contributed by atoms with Crippen molar-refractivity contribution in [1.82, 2.24) is 14.8 Å². The lowest BCUT2D eigenvalue weighted by Crippen LogP contribution is -2.41. The van der Waals surface area contributed by atoms with Crippen LogP contribution in [-0.2, 0) is 0 Å². The van der Waals surface area contributed by atoms with Crippen molar-refractivity contribution in [2.24, 2.45) is 11.8 Å². The molecule has 1 N–H and O–H groups in total. The van der Waals surface area contributed by atoms with Crippen molar-refractivity contribution in [3.8, 4) is 0 Å². The highest BCUT2D eigenvalue weighted by atomic mass is 19.4. The Hall–Kier alpha value is -2.87. The highest BCUT2D eigenvalue weighted by molar-refractivity contribution is 6.05. The molecule has 1 amide bonds. The van der Waals surface area contributed by atoms with Crippen molar-refractivity contribution in [3.05, 3.63) is 71.7 Å². The predicted octanol–water partition coefficient (Wildman–Crippen LogP) is 5.44. The Kier molecular flexibility index (Phi) is 6.10. The van der Waals surface area contributed by atoms with Gasteiger partial charge in [0.15, 0.2) is 0 Å². The summed E-state index contributed by atoms with van der Waals surface area (Å²) in [6.07, 6.45) is -0.980. The number of piperidine rings is 1. The van der Waals surface area contributed by atoms with Crippen molar-refractivity contribution >= 4 is 16.8 Å². The molecule has 0 aliphatic carbocycles. The van der Waals surface area contributed by atoms with Crippen LogP contribution >= 0.6 is 0 Å². The number of para-hydroxylation sites is 1. The summed E-state index contributed by atoms with van der Waals surface area (Å²) in [5, 5.41) is 0.859.